The van der Waals surface area contributed by atoms with E-state index in [0.29, 0.717) is 38.9 Å². The maximum Gasteiger partial charge on any atom is 0.227 e. The first kappa shape index (κ1) is 17.4. The number of hydrogen-bond donors (Lipinski definition) is 2. The molecule has 20 heavy (non-hydrogen) atoms. The third-order valence-electron chi connectivity index (χ3n) is 4.33. The van der Waals surface area contributed by atoms with Crippen molar-refractivity contribution < 1.29 is 13.2 Å². The highest BCUT2D eigenvalue weighted by atomic mass is 32.2. The maximum absolute atomic E-state index is 12.2. The topological polar surface area (TPSA) is 92.5 Å². The van der Waals surface area contributed by atoms with E-state index in [4.69, 9.17) is 5.73 Å². The number of hydrogen-bond acceptors (Lipinski definition) is 4. The van der Waals surface area contributed by atoms with Crippen LogP contribution >= 0.6 is 0 Å². The molecule has 1 aliphatic rings. The minimum absolute atomic E-state index is 0.0284. The van der Waals surface area contributed by atoms with Gasteiger partial charge in [-0.2, -0.15) is 0 Å². The van der Waals surface area contributed by atoms with E-state index < -0.39 is 15.4 Å². The molecule has 0 aromatic carbocycles. The molecule has 1 amide bonds. The van der Waals surface area contributed by atoms with Gasteiger partial charge in [0, 0.05) is 25.7 Å². The van der Waals surface area contributed by atoms with Gasteiger partial charge >= 0.3 is 0 Å². The first-order chi connectivity index (χ1) is 9.29. The lowest BCUT2D eigenvalue weighted by Crippen LogP contribution is -2.51. The number of piperidine rings is 1. The van der Waals surface area contributed by atoms with Crippen LogP contribution in [0.4, 0.5) is 0 Å². The molecule has 0 aromatic rings. The fraction of sp³-hybridized carbons (Fsp3) is 0.923. The Balaban J connectivity index is 2.53. The molecule has 7 heteroatoms. The van der Waals surface area contributed by atoms with Crippen LogP contribution in [0, 0.1) is 5.41 Å². The van der Waals surface area contributed by atoms with Gasteiger partial charge in [-0.3, -0.25) is 4.79 Å². The summed E-state index contributed by atoms with van der Waals surface area (Å²) >= 11 is 0. The predicted octanol–water partition coefficient (Wildman–Crippen LogP) is 0.292. The van der Waals surface area contributed by atoms with Crippen molar-refractivity contribution in [3.05, 3.63) is 0 Å². The second-order valence-corrected chi connectivity index (χ2v) is 7.92. The molecule has 1 rings (SSSR count). The van der Waals surface area contributed by atoms with E-state index in [-0.39, 0.29) is 17.7 Å². The molecule has 3 N–H and O–H groups in total. The molecule has 0 bridgehead atoms. The lowest BCUT2D eigenvalue weighted by molar-refractivity contribution is -0.130. The molecule has 118 valence electrons. The summed E-state index contributed by atoms with van der Waals surface area (Å²) in [6.45, 7) is 6.73. The summed E-state index contributed by atoms with van der Waals surface area (Å²) in [7, 11) is -3.11. The summed E-state index contributed by atoms with van der Waals surface area (Å²) in [6, 6.07) is 0.0447. The first-order valence-electron chi connectivity index (χ1n) is 7.28. The Morgan fingerprint density at radius 2 is 1.90 bits per heavy atom. The number of sulfonamides is 1. The van der Waals surface area contributed by atoms with E-state index in [1.54, 1.807) is 6.92 Å². The Morgan fingerprint density at radius 1 is 1.35 bits per heavy atom. The van der Waals surface area contributed by atoms with E-state index >= 15 is 0 Å². The molecule has 1 fully saturated rings. The third-order valence-corrected chi connectivity index (χ3v) is 6.21. The summed E-state index contributed by atoms with van der Waals surface area (Å²) in [5.74, 6) is 0.102. The average molecular weight is 305 g/mol. The van der Waals surface area contributed by atoms with Gasteiger partial charge in [-0.1, -0.05) is 6.92 Å². The van der Waals surface area contributed by atoms with E-state index in [0.717, 1.165) is 0 Å². The normalized spacial score (nSPS) is 21.4. The molecule has 0 aromatic heterocycles. The van der Waals surface area contributed by atoms with Crippen molar-refractivity contribution >= 4 is 15.9 Å². The highest BCUT2D eigenvalue weighted by Crippen LogP contribution is 2.21. The predicted molar refractivity (Wildman–Crippen MR) is 79.7 cm³/mol. The van der Waals surface area contributed by atoms with Gasteiger partial charge in [0.1, 0.15) is 0 Å². The summed E-state index contributed by atoms with van der Waals surface area (Å²) in [5, 5.41) is 3.01. The standard InChI is InChI=1S/C13H27N3O3S/c1-4-13(3,10-14)12(17)15-11-6-8-16(9-7-11)20(18,19)5-2/h11H,4-10,14H2,1-3H3,(H,15,17). The van der Waals surface area contributed by atoms with Crippen molar-refractivity contribution in [2.45, 2.75) is 46.1 Å². The Hall–Kier alpha value is -0.660. The van der Waals surface area contributed by atoms with E-state index in [2.05, 4.69) is 5.32 Å². The highest BCUT2D eigenvalue weighted by Gasteiger charge is 2.33. The van der Waals surface area contributed by atoms with Crippen molar-refractivity contribution in [2.24, 2.45) is 11.1 Å². The molecule has 6 nitrogen and oxygen atoms in total. The largest absolute Gasteiger partial charge is 0.353 e. The van der Waals surface area contributed by atoms with Crippen LogP contribution in [0.3, 0.4) is 0 Å². The first-order valence-corrected chi connectivity index (χ1v) is 8.89. The molecule has 0 radical (unpaired) electrons. The van der Waals surface area contributed by atoms with Gasteiger partial charge < -0.3 is 11.1 Å². The lowest BCUT2D eigenvalue weighted by atomic mass is 9.86. The molecule has 1 aliphatic heterocycles. The van der Waals surface area contributed by atoms with Gasteiger partial charge in [0.15, 0.2) is 0 Å². The van der Waals surface area contributed by atoms with E-state index in [1.807, 2.05) is 13.8 Å². The summed E-state index contributed by atoms with van der Waals surface area (Å²) in [4.78, 5) is 12.2. The summed E-state index contributed by atoms with van der Waals surface area (Å²) < 4.78 is 25.0. The van der Waals surface area contributed by atoms with E-state index in [1.165, 1.54) is 4.31 Å². The van der Waals surface area contributed by atoms with Gasteiger partial charge in [-0.25, -0.2) is 12.7 Å². The van der Waals surface area contributed by atoms with Gasteiger partial charge in [0.2, 0.25) is 15.9 Å². The molecule has 0 spiro atoms. The Kier molecular flexibility index (Phi) is 5.97. The SMILES string of the molecule is CCC(C)(CN)C(=O)NC1CCN(S(=O)(=O)CC)CC1. The van der Waals surface area contributed by atoms with Crippen LogP contribution in [-0.2, 0) is 14.8 Å². The van der Waals surface area contributed by atoms with Crippen molar-refractivity contribution in [1.82, 2.24) is 9.62 Å². The molecule has 0 aliphatic carbocycles. The van der Waals surface area contributed by atoms with Crippen molar-refractivity contribution in [3.8, 4) is 0 Å². The zero-order valence-electron chi connectivity index (χ0n) is 12.7. The third kappa shape index (κ3) is 3.93. The minimum Gasteiger partial charge on any atom is -0.353 e. The highest BCUT2D eigenvalue weighted by molar-refractivity contribution is 7.89. The number of nitrogens with one attached hydrogen (secondary N) is 1. The minimum atomic E-state index is -3.11. The zero-order chi connectivity index (χ0) is 15.4. The van der Waals surface area contributed by atoms with Crippen molar-refractivity contribution in [3.63, 3.8) is 0 Å². The number of rotatable bonds is 6. The number of nitrogens with zero attached hydrogens (tertiary/aromatic N) is 1. The van der Waals surface area contributed by atoms with Crippen molar-refractivity contribution in [2.75, 3.05) is 25.4 Å². The number of nitrogens with two attached hydrogens (primary N) is 1. The second-order valence-electron chi connectivity index (χ2n) is 5.67. The molecule has 1 unspecified atom stereocenters. The Labute approximate surface area is 122 Å². The van der Waals surface area contributed by atoms with Gasteiger partial charge in [0.05, 0.1) is 11.2 Å². The molecule has 1 heterocycles. The quantitative estimate of drug-likeness (QED) is 0.738. The average Bonchev–Trinajstić information content (AvgIpc) is 2.46. The van der Waals surface area contributed by atoms with Gasteiger partial charge in [-0.05, 0) is 33.1 Å². The van der Waals surface area contributed by atoms with Crippen molar-refractivity contribution in [1.29, 1.82) is 0 Å². The van der Waals surface area contributed by atoms with Crippen LogP contribution < -0.4 is 11.1 Å². The van der Waals surface area contributed by atoms with Crippen LogP contribution in [0.15, 0.2) is 0 Å². The monoisotopic (exact) mass is 305 g/mol. The van der Waals surface area contributed by atoms with Crippen LogP contribution in [0.2, 0.25) is 0 Å². The van der Waals surface area contributed by atoms with Crippen LogP contribution in [0.25, 0.3) is 0 Å². The van der Waals surface area contributed by atoms with E-state index in [9.17, 15) is 13.2 Å². The van der Waals surface area contributed by atoms with Crippen LogP contribution in [-0.4, -0.2) is 50.1 Å². The Morgan fingerprint density at radius 3 is 2.30 bits per heavy atom. The Bertz CT molecular complexity index is 424. The fourth-order valence-corrected chi connectivity index (χ4v) is 3.35. The van der Waals surface area contributed by atoms with Gasteiger partial charge in [0.25, 0.3) is 0 Å². The number of amides is 1. The molecule has 0 saturated carbocycles. The lowest BCUT2D eigenvalue weighted by Gasteiger charge is -2.34. The molecule has 1 atom stereocenters. The van der Waals surface area contributed by atoms with Crippen LogP contribution in [0.1, 0.15) is 40.0 Å². The number of carbonyl (C=O) groups excluding carboxylic acids is 1. The molecular formula is C13H27N3O3S. The smallest absolute Gasteiger partial charge is 0.227 e. The summed E-state index contributed by atoms with van der Waals surface area (Å²) in [5.41, 5.74) is 5.14. The van der Waals surface area contributed by atoms with Gasteiger partial charge in [-0.15, -0.1) is 0 Å². The zero-order valence-corrected chi connectivity index (χ0v) is 13.5. The fourth-order valence-electron chi connectivity index (χ4n) is 2.22. The molecule has 1 saturated heterocycles. The molecular weight excluding hydrogens is 278 g/mol. The maximum atomic E-state index is 12.2. The summed E-state index contributed by atoms with van der Waals surface area (Å²) in [6.07, 6.45) is 2.02. The van der Waals surface area contributed by atoms with Crippen LogP contribution in [0.5, 0.6) is 0 Å². The second kappa shape index (κ2) is 6.87. The number of carbonyl (C=O) groups is 1.